The zero-order chi connectivity index (χ0) is 19.7. The minimum atomic E-state index is -0.432. The van der Waals surface area contributed by atoms with Gasteiger partial charge in [0.25, 0.3) is 0 Å². The van der Waals surface area contributed by atoms with Crippen molar-refractivity contribution in [3.8, 4) is 5.75 Å². The van der Waals surface area contributed by atoms with Crippen molar-refractivity contribution in [2.24, 2.45) is 5.92 Å². The van der Waals surface area contributed by atoms with Crippen molar-refractivity contribution < 1.29 is 19.1 Å². The molecule has 1 heterocycles. The molecule has 0 aromatic heterocycles. The molecule has 5 nitrogen and oxygen atoms in total. The van der Waals surface area contributed by atoms with Gasteiger partial charge in [0, 0.05) is 25.1 Å². The van der Waals surface area contributed by atoms with Gasteiger partial charge < -0.3 is 19.2 Å². The van der Waals surface area contributed by atoms with Crippen molar-refractivity contribution in [3.05, 3.63) is 29.8 Å². The van der Waals surface area contributed by atoms with E-state index in [1.165, 1.54) is 6.42 Å². The van der Waals surface area contributed by atoms with Gasteiger partial charge in [-0.2, -0.15) is 0 Å². The van der Waals surface area contributed by atoms with Crippen molar-refractivity contribution in [3.63, 3.8) is 0 Å². The van der Waals surface area contributed by atoms with E-state index in [-0.39, 0.29) is 6.09 Å². The number of hydrogen-bond acceptors (Lipinski definition) is 4. The summed E-state index contributed by atoms with van der Waals surface area (Å²) >= 11 is 0. The van der Waals surface area contributed by atoms with Crippen LogP contribution in [0.3, 0.4) is 0 Å². The highest BCUT2D eigenvalue weighted by Crippen LogP contribution is 2.24. The molecule has 1 fully saturated rings. The Bertz CT molecular complexity index is 601. The van der Waals surface area contributed by atoms with Crippen LogP contribution >= 0.6 is 0 Å². The quantitative estimate of drug-likeness (QED) is 0.491. The van der Waals surface area contributed by atoms with Crippen LogP contribution < -0.4 is 4.74 Å². The van der Waals surface area contributed by atoms with Gasteiger partial charge in [0.05, 0.1) is 6.61 Å². The second kappa shape index (κ2) is 10.3. The van der Waals surface area contributed by atoms with E-state index < -0.39 is 5.60 Å². The minimum Gasteiger partial charge on any atom is -0.493 e. The van der Waals surface area contributed by atoms with Crippen LogP contribution in [-0.2, 0) is 16.0 Å². The number of para-hydroxylation sites is 1. The smallest absolute Gasteiger partial charge is 0.410 e. The predicted molar refractivity (Wildman–Crippen MR) is 106 cm³/mol. The zero-order valence-corrected chi connectivity index (χ0v) is 16.9. The fourth-order valence-electron chi connectivity index (χ4n) is 3.35. The molecule has 1 aromatic carbocycles. The van der Waals surface area contributed by atoms with Crippen LogP contribution in [0.25, 0.3) is 0 Å². The zero-order valence-electron chi connectivity index (χ0n) is 16.9. The molecular formula is C22H33NO4. The Kier molecular flexibility index (Phi) is 8.14. The first-order valence-corrected chi connectivity index (χ1v) is 10.0. The van der Waals surface area contributed by atoms with Crippen molar-refractivity contribution in [1.29, 1.82) is 0 Å². The summed E-state index contributed by atoms with van der Waals surface area (Å²) in [6.07, 6.45) is 6.49. The molecule has 27 heavy (non-hydrogen) atoms. The van der Waals surface area contributed by atoms with E-state index in [0.717, 1.165) is 56.4 Å². The third-order valence-corrected chi connectivity index (χ3v) is 4.81. The monoisotopic (exact) mass is 375 g/mol. The Labute approximate surface area is 163 Å². The highest BCUT2D eigenvalue weighted by atomic mass is 16.6. The molecule has 1 aliphatic rings. The first-order valence-electron chi connectivity index (χ1n) is 10.0. The van der Waals surface area contributed by atoms with Crippen molar-refractivity contribution in [2.45, 2.75) is 64.9 Å². The average Bonchev–Trinajstić information content (AvgIpc) is 2.62. The molecular weight excluding hydrogens is 342 g/mol. The van der Waals surface area contributed by atoms with Crippen LogP contribution in [0.5, 0.6) is 5.75 Å². The van der Waals surface area contributed by atoms with Gasteiger partial charge >= 0.3 is 6.09 Å². The number of piperidine rings is 1. The maximum Gasteiger partial charge on any atom is 0.410 e. The SMILES string of the molecule is CC(C)(C)OC(=O)N1CCC(CCCCOc2ccccc2CC=O)CC1. The first-order chi connectivity index (χ1) is 12.9. The van der Waals surface area contributed by atoms with Gasteiger partial charge in [0.1, 0.15) is 17.6 Å². The minimum absolute atomic E-state index is 0.191. The van der Waals surface area contributed by atoms with Gasteiger partial charge in [-0.05, 0) is 58.4 Å². The normalized spacial score (nSPS) is 15.4. The second-order valence-corrected chi connectivity index (χ2v) is 8.23. The summed E-state index contributed by atoms with van der Waals surface area (Å²) < 4.78 is 11.3. The molecule has 1 saturated heterocycles. The molecule has 0 atom stereocenters. The number of aldehydes is 1. The van der Waals surface area contributed by atoms with E-state index in [1.807, 2.05) is 49.9 Å². The van der Waals surface area contributed by atoms with Crippen LogP contribution in [0.4, 0.5) is 4.79 Å². The topological polar surface area (TPSA) is 55.8 Å². The summed E-state index contributed by atoms with van der Waals surface area (Å²) in [5, 5.41) is 0. The second-order valence-electron chi connectivity index (χ2n) is 8.23. The molecule has 2 rings (SSSR count). The average molecular weight is 376 g/mol. The molecule has 150 valence electrons. The van der Waals surface area contributed by atoms with Gasteiger partial charge in [-0.25, -0.2) is 4.79 Å². The van der Waals surface area contributed by atoms with Gasteiger partial charge in [-0.1, -0.05) is 24.6 Å². The molecule has 1 aliphatic heterocycles. The number of nitrogens with zero attached hydrogens (tertiary/aromatic N) is 1. The molecule has 0 N–H and O–H groups in total. The van der Waals surface area contributed by atoms with Crippen LogP contribution in [0.15, 0.2) is 24.3 Å². The van der Waals surface area contributed by atoms with E-state index in [4.69, 9.17) is 9.47 Å². The maximum atomic E-state index is 12.1. The molecule has 0 bridgehead atoms. The number of benzene rings is 1. The van der Waals surface area contributed by atoms with Gasteiger partial charge in [0.2, 0.25) is 0 Å². The molecule has 0 unspecified atom stereocenters. The lowest BCUT2D eigenvalue weighted by Crippen LogP contribution is -2.41. The number of likely N-dealkylation sites (tertiary alicyclic amines) is 1. The van der Waals surface area contributed by atoms with Gasteiger partial charge in [-0.3, -0.25) is 0 Å². The predicted octanol–water partition coefficient (Wildman–Crippen LogP) is 4.62. The lowest BCUT2D eigenvalue weighted by molar-refractivity contribution is -0.107. The standard InChI is InChI=1S/C22H33NO4/c1-22(2,3)27-21(25)23-14-11-18(12-15-23)8-6-7-17-26-20-10-5-4-9-19(20)13-16-24/h4-5,9-10,16,18H,6-8,11-15,17H2,1-3H3. The van der Waals surface area contributed by atoms with Crippen molar-refractivity contribution in [1.82, 2.24) is 4.90 Å². The summed E-state index contributed by atoms with van der Waals surface area (Å²) in [7, 11) is 0. The van der Waals surface area contributed by atoms with Gasteiger partial charge in [0.15, 0.2) is 0 Å². The van der Waals surface area contributed by atoms with E-state index in [1.54, 1.807) is 0 Å². The fourth-order valence-corrected chi connectivity index (χ4v) is 3.35. The fraction of sp³-hybridized carbons (Fsp3) is 0.636. The molecule has 5 heteroatoms. The lowest BCUT2D eigenvalue weighted by Gasteiger charge is -2.33. The highest BCUT2D eigenvalue weighted by molar-refractivity contribution is 5.68. The van der Waals surface area contributed by atoms with E-state index in [0.29, 0.717) is 18.9 Å². The largest absolute Gasteiger partial charge is 0.493 e. The third-order valence-electron chi connectivity index (χ3n) is 4.81. The maximum absolute atomic E-state index is 12.1. The van der Waals surface area contributed by atoms with E-state index in [2.05, 4.69) is 0 Å². The molecule has 0 spiro atoms. The van der Waals surface area contributed by atoms with E-state index in [9.17, 15) is 9.59 Å². The molecule has 0 radical (unpaired) electrons. The molecule has 1 amide bonds. The Morgan fingerprint density at radius 1 is 1.19 bits per heavy atom. The van der Waals surface area contributed by atoms with Gasteiger partial charge in [-0.15, -0.1) is 0 Å². The van der Waals surface area contributed by atoms with Crippen LogP contribution in [0.2, 0.25) is 0 Å². The molecule has 0 saturated carbocycles. The molecule has 0 aliphatic carbocycles. The van der Waals surface area contributed by atoms with Crippen LogP contribution in [-0.4, -0.2) is 42.6 Å². The summed E-state index contributed by atoms with van der Waals surface area (Å²) in [6, 6.07) is 7.71. The van der Waals surface area contributed by atoms with Crippen LogP contribution in [0.1, 0.15) is 58.4 Å². The molecule has 1 aromatic rings. The Morgan fingerprint density at radius 2 is 1.89 bits per heavy atom. The van der Waals surface area contributed by atoms with Crippen molar-refractivity contribution >= 4 is 12.4 Å². The number of hydrogen-bond donors (Lipinski definition) is 0. The number of carbonyl (C=O) groups excluding carboxylic acids is 2. The van der Waals surface area contributed by atoms with Crippen LogP contribution in [0, 0.1) is 5.92 Å². The summed E-state index contributed by atoms with van der Waals surface area (Å²) in [4.78, 5) is 24.6. The Balaban J connectivity index is 1.61. The first kappa shape index (κ1) is 21.3. The summed E-state index contributed by atoms with van der Waals surface area (Å²) in [5.41, 5.74) is 0.514. The number of carbonyl (C=O) groups is 2. The number of unbranched alkanes of at least 4 members (excludes halogenated alkanes) is 1. The summed E-state index contributed by atoms with van der Waals surface area (Å²) in [5.74, 6) is 1.49. The highest BCUT2D eigenvalue weighted by Gasteiger charge is 2.26. The Morgan fingerprint density at radius 3 is 2.56 bits per heavy atom. The number of rotatable bonds is 8. The number of amides is 1. The van der Waals surface area contributed by atoms with E-state index >= 15 is 0 Å². The number of ether oxygens (including phenoxy) is 2. The third kappa shape index (κ3) is 7.61. The van der Waals surface area contributed by atoms with Crippen molar-refractivity contribution in [2.75, 3.05) is 19.7 Å². The lowest BCUT2D eigenvalue weighted by atomic mass is 9.92. The summed E-state index contributed by atoms with van der Waals surface area (Å²) in [6.45, 7) is 7.95. The Hall–Kier alpha value is -2.04.